The van der Waals surface area contributed by atoms with Gasteiger partial charge in [0.05, 0.1) is 19.1 Å². The van der Waals surface area contributed by atoms with Crippen molar-refractivity contribution < 1.29 is 9.53 Å². The highest BCUT2D eigenvalue weighted by atomic mass is 16.5. The van der Waals surface area contributed by atoms with Crippen LogP contribution in [0.1, 0.15) is 24.0 Å². The van der Waals surface area contributed by atoms with Crippen molar-refractivity contribution in [3.63, 3.8) is 0 Å². The van der Waals surface area contributed by atoms with Gasteiger partial charge in [-0.2, -0.15) is 0 Å². The van der Waals surface area contributed by atoms with E-state index in [4.69, 9.17) is 4.74 Å². The molecule has 0 amide bonds. The first kappa shape index (κ1) is 12.7. The van der Waals surface area contributed by atoms with Crippen LogP contribution in [-0.2, 0) is 16.0 Å². The molecule has 0 aromatic heterocycles. The molecular formula is C16H21NO2. The number of nitrogens with zero attached hydrogens (tertiary/aromatic N) is 1. The largest absolute Gasteiger partial charge is 0.380 e. The Morgan fingerprint density at radius 2 is 2.26 bits per heavy atom. The summed E-state index contributed by atoms with van der Waals surface area (Å²) in [4.78, 5) is 14.3. The summed E-state index contributed by atoms with van der Waals surface area (Å²) in [7, 11) is 0. The standard InChI is InChI=1S/C16H21NO2/c1-12-4-5-15-13(9-12)3-2-7-17(15)10-14-11-19-8-6-16(14)18/h4-5,9,14H,2-3,6-8,10-11H2,1H3. The van der Waals surface area contributed by atoms with E-state index in [1.54, 1.807) is 0 Å². The molecule has 2 aliphatic heterocycles. The zero-order valence-corrected chi connectivity index (χ0v) is 11.5. The summed E-state index contributed by atoms with van der Waals surface area (Å²) in [5, 5.41) is 0. The quantitative estimate of drug-likeness (QED) is 0.816. The van der Waals surface area contributed by atoms with E-state index in [2.05, 4.69) is 30.0 Å². The molecule has 2 aliphatic rings. The van der Waals surface area contributed by atoms with Crippen molar-refractivity contribution in [2.75, 3.05) is 31.2 Å². The normalized spacial score (nSPS) is 23.3. The van der Waals surface area contributed by atoms with Crippen LogP contribution in [0.2, 0.25) is 0 Å². The fourth-order valence-electron chi connectivity index (χ4n) is 3.11. The van der Waals surface area contributed by atoms with E-state index in [-0.39, 0.29) is 5.92 Å². The third kappa shape index (κ3) is 2.66. The summed E-state index contributed by atoms with van der Waals surface area (Å²) in [6.45, 7) is 5.20. The van der Waals surface area contributed by atoms with Gasteiger partial charge in [-0.25, -0.2) is 0 Å². The minimum atomic E-state index is 0.0565. The van der Waals surface area contributed by atoms with Crippen molar-refractivity contribution in [3.8, 4) is 0 Å². The van der Waals surface area contributed by atoms with Gasteiger partial charge in [-0.05, 0) is 31.4 Å². The highest BCUT2D eigenvalue weighted by molar-refractivity contribution is 5.82. The predicted molar refractivity (Wildman–Crippen MR) is 75.6 cm³/mol. The van der Waals surface area contributed by atoms with E-state index in [0.29, 0.717) is 25.4 Å². The van der Waals surface area contributed by atoms with E-state index >= 15 is 0 Å². The molecule has 0 saturated carbocycles. The Bertz CT molecular complexity index is 484. The van der Waals surface area contributed by atoms with E-state index in [1.807, 2.05) is 0 Å². The van der Waals surface area contributed by atoms with Crippen LogP contribution in [0.15, 0.2) is 18.2 Å². The van der Waals surface area contributed by atoms with Gasteiger partial charge in [0.2, 0.25) is 0 Å². The number of hydrogen-bond acceptors (Lipinski definition) is 3. The fourth-order valence-corrected chi connectivity index (χ4v) is 3.11. The van der Waals surface area contributed by atoms with Gasteiger partial charge in [-0.3, -0.25) is 4.79 Å². The first-order valence-corrected chi connectivity index (χ1v) is 7.19. The van der Waals surface area contributed by atoms with Crippen molar-refractivity contribution in [1.82, 2.24) is 0 Å². The van der Waals surface area contributed by atoms with Gasteiger partial charge in [-0.1, -0.05) is 17.7 Å². The number of carbonyl (C=O) groups excluding carboxylic acids is 1. The first-order chi connectivity index (χ1) is 9.24. The van der Waals surface area contributed by atoms with Gasteiger partial charge < -0.3 is 9.64 Å². The van der Waals surface area contributed by atoms with Crippen LogP contribution in [0.25, 0.3) is 0 Å². The number of ketones is 1. The molecule has 3 nitrogen and oxygen atoms in total. The number of ether oxygens (including phenoxy) is 1. The molecule has 1 saturated heterocycles. The molecule has 0 N–H and O–H groups in total. The molecule has 0 radical (unpaired) electrons. The number of carbonyl (C=O) groups is 1. The predicted octanol–water partition coefficient (Wildman–Crippen LogP) is 2.35. The van der Waals surface area contributed by atoms with Crippen molar-refractivity contribution in [2.24, 2.45) is 5.92 Å². The van der Waals surface area contributed by atoms with E-state index in [1.165, 1.54) is 23.2 Å². The molecule has 2 heterocycles. The minimum Gasteiger partial charge on any atom is -0.380 e. The lowest BCUT2D eigenvalue weighted by molar-refractivity contribution is -0.129. The Morgan fingerprint density at radius 3 is 3.11 bits per heavy atom. The summed E-state index contributed by atoms with van der Waals surface area (Å²) >= 11 is 0. The Hall–Kier alpha value is -1.35. The molecule has 19 heavy (non-hydrogen) atoms. The Kier molecular flexibility index (Phi) is 3.56. The summed E-state index contributed by atoms with van der Waals surface area (Å²) in [6.07, 6.45) is 2.92. The van der Waals surface area contributed by atoms with Crippen molar-refractivity contribution in [2.45, 2.75) is 26.2 Å². The van der Waals surface area contributed by atoms with Crippen molar-refractivity contribution >= 4 is 11.5 Å². The second-order valence-electron chi connectivity index (χ2n) is 5.67. The molecule has 0 spiro atoms. The average Bonchev–Trinajstić information content (AvgIpc) is 2.41. The second-order valence-corrected chi connectivity index (χ2v) is 5.67. The number of anilines is 1. The third-order valence-electron chi connectivity index (χ3n) is 4.16. The lowest BCUT2D eigenvalue weighted by atomic mass is 9.95. The number of rotatable bonds is 2. The number of benzene rings is 1. The molecule has 1 fully saturated rings. The summed E-state index contributed by atoms with van der Waals surface area (Å²) in [5.74, 6) is 0.423. The van der Waals surface area contributed by atoms with Gasteiger partial charge >= 0.3 is 0 Å². The monoisotopic (exact) mass is 259 g/mol. The van der Waals surface area contributed by atoms with Crippen molar-refractivity contribution in [1.29, 1.82) is 0 Å². The Morgan fingerprint density at radius 1 is 1.37 bits per heavy atom. The summed E-state index contributed by atoms with van der Waals surface area (Å²) in [6, 6.07) is 6.65. The van der Waals surface area contributed by atoms with Gasteiger partial charge in [-0.15, -0.1) is 0 Å². The van der Waals surface area contributed by atoms with Crippen molar-refractivity contribution in [3.05, 3.63) is 29.3 Å². The van der Waals surface area contributed by atoms with Gasteiger partial charge in [0.15, 0.2) is 0 Å². The zero-order valence-electron chi connectivity index (χ0n) is 11.5. The van der Waals surface area contributed by atoms with E-state index in [0.717, 1.165) is 19.5 Å². The molecule has 3 heteroatoms. The molecular weight excluding hydrogens is 238 g/mol. The smallest absolute Gasteiger partial charge is 0.142 e. The molecule has 0 aliphatic carbocycles. The molecule has 1 aromatic rings. The molecule has 3 rings (SSSR count). The van der Waals surface area contributed by atoms with Crippen LogP contribution in [0.3, 0.4) is 0 Å². The second kappa shape index (κ2) is 5.33. The number of fused-ring (bicyclic) bond motifs is 1. The Labute approximate surface area is 114 Å². The Balaban J connectivity index is 1.78. The molecule has 102 valence electrons. The third-order valence-corrected chi connectivity index (χ3v) is 4.16. The van der Waals surface area contributed by atoms with Gasteiger partial charge in [0.25, 0.3) is 0 Å². The minimum absolute atomic E-state index is 0.0565. The summed E-state index contributed by atoms with van der Waals surface area (Å²) in [5.41, 5.74) is 4.06. The lowest BCUT2D eigenvalue weighted by Crippen LogP contribution is -2.40. The summed E-state index contributed by atoms with van der Waals surface area (Å²) < 4.78 is 5.45. The van der Waals surface area contributed by atoms with Crippen LogP contribution >= 0.6 is 0 Å². The molecule has 1 aromatic carbocycles. The zero-order chi connectivity index (χ0) is 13.2. The lowest BCUT2D eigenvalue weighted by Gasteiger charge is -2.35. The maximum Gasteiger partial charge on any atom is 0.142 e. The topological polar surface area (TPSA) is 29.5 Å². The SMILES string of the molecule is Cc1ccc2c(c1)CCCN2CC1COCCC1=O. The highest BCUT2D eigenvalue weighted by Gasteiger charge is 2.27. The number of hydrogen-bond donors (Lipinski definition) is 0. The molecule has 1 unspecified atom stereocenters. The highest BCUT2D eigenvalue weighted by Crippen LogP contribution is 2.29. The van der Waals surface area contributed by atoms with Crippen LogP contribution < -0.4 is 4.90 Å². The average molecular weight is 259 g/mol. The van der Waals surface area contributed by atoms with Crippen LogP contribution in [0, 0.1) is 12.8 Å². The first-order valence-electron chi connectivity index (χ1n) is 7.19. The number of aryl methyl sites for hydroxylation is 2. The van der Waals surface area contributed by atoms with Crippen LogP contribution in [0.5, 0.6) is 0 Å². The van der Waals surface area contributed by atoms with Gasteiger partial charge in [0.1, 0.15) is 5.78 Å². The van der Waals surface area contributed by atoms with E-state index in [9.17, 15) is 4.79 Å². The van der Waals surface area contributed by atoms with Gasteiger partial charge in [0, 0.05) is 25.2 Å². The molecule has 1 atom stereocenters. The van der Waals surface area contributed by atoms with E-state index < -0.39 is 0 Å². The molecule has 0 bridgehead atoms. The van der Waals surface area contributed by atoms with Crippen LogP contribution in [-0.4, -0.2) is 32.1 Å². The number of Topliss-reactive ketones (excluding diaryl/α,β-unsaturated/α-hetero) is 1. The maximum atomic E-state index is 11.9. The fraction of sp³-hybridized carbons (Fsp3) is 0.562. The van der Waals surface area contributed by atoms with Crippen LogP contribution in [0.4, 0.5) is 5.69 Å². The maximum absolute atomic E-state index is 11.9.